The molecule has 0 aliphatic carbocycles. The highest BCUT2D eigenvalue weighted by atomic mass is 16.2. The lowest BCUT2D eigenvalue weighted by Gasteiger charge is -2.08. The third-order valence-electron chi connectivity index (χ3n) is 4.70. The Morgan fingerprint density at radius 1 is 1.04 bits per heavy atom. The van der Waals surface area contributed by atoms with Crippen LogP contribution in [0.4, 0.5) is 5.69 Å². The summed E-state index contributed by atoms with van der Waals surface area (Å²) in [5, 5.41) is 7.10. The number of hydrogen-bond acceptors (Lipinski definition) is 3. The van der Waals surface area contributed by atoms with Gasteiger partial charge in [-0.2, -0.15) is 5.10 Å². The fourth-order valence-electron chi connectivity index (χ4n) is 3.38. The summed E-state index contributed by atoms with van der Waals surface area (Å²) in [7, 11) is 0. The maximum absolute atomic E-state index is 12.7. The van der Waals surface area contributed by atoms with Crippen molar-refractivity contribution in [3.05, 3.63) is 77.5 Å². The minimum atomic E-state index is -0.141. The zero-order chi connectivity index (χ0) is 19.5. The Bertz CT molecular complexity index is 1170. The number of anilines is 1. The third kappa shape index (κ3) is 3.34. The van der Waals surface area contributed by atoms with Crippen LogP contribution in [0.3, 0.4) is 0 Å². The molecule has 0 unspecified atom stereocenters. The number of benzene rings is 2. The van der Waals surface area contributed by atoms with E-state index in [0.717, 1.165) is 16.7 Å². The summed E-state index contributed by atoms with van der Waals surface area (Å²) in [5.41, 5.74) is 3.22. The molecule has 0 fully saturated rings. The van der Waals surface area contributed by atoms with Crippen LogP contribution in [0.1, 0.15) is 13.3 Å². The van der Waals surface area contributed by atoms with Gasteiger partial charge in [0.25, 0.3) is 0 Å². The van der Waals surface area contributed by atoms with E-state index in [1.165, 1.54) is 0 Å². The molecule has 1 amide bonds. The zero-order valence-electron chi connectivity index (χ0n) is 15.6. The Kier molecular flexibility index (Phi) is 4.80. The highest BCUT2D eigenvalue weighted by molar-refractivity contribution is 5.91. The second kappa shape index (κ2) is 7.56. The van der Waals surface area contributed by atoms with Gasteiger partial charge in [0.15, 0.2) is 0 Å². The number of fused-ring (bicyclic) bond motifs is 1. The smallest absolute Gasteiger partial charge is 0.326 e. The van der Waals surface area contributed by atoms with E-state index in [9.17, 15) is 9.59 Å². The molecule has 7 nitrogen and oxygen atoms in total. The van der Waals surface area contributed by atoms with Crippen LogP contribution in [0.5, 0.6) is 0 Å². The van der Waals surface area contributed by atoms with Crippen molar-refractivity contribution in [3.63, 3.8) is 0 Å². The quantitative estimate of drug-likeness (QED) is 0.563. The fraction of sp³-hybridized carbons (Fsp3) is 0.190. The number of carbonyl (C=O) groups is 1. The number of aromatic nitrogens is 4. The molecule has 0 radical (unpaired) electrons. The standard InChI is InChI=1S/C21H21N5O2/c1-2-24-18-9-3-4-10-19(18)25(21(24)28)14-11-20(27)23-16-7-5-8-17(15-16)26-13-6-12-22-26/h3-10,12-13,15H,2,11,14H2,1H3,(H,23,27). The van der Waals surface area contributed by atoms with Crippen LogP contribution in [-0.4, -0.2) is 24.8 Å². The summed E-state index contributed by atoms with van der Waals surface area (Å²) in [6.45, 7) is 2.87. The summed E-state index contributed by atoms with van der Waals surface area (Å²) in [4.78, 5) is 25.1. The minimum Gasteiger partial charge on any atom is -0.326 e. The lowest BCUT2D eigenvalue weighted by atomic mass is 10.2. The van der Waals surface area contributed by atoms with E-state index in [-0.39, 0.29) is 18.0 Å². The molecule has 0 aliphatic rings. The maximum atomic E-state index is 12.7. The first kappa shape index (κ1) is 17.8. The van der Waals surface area contributed by atoms with Gasteiger partial charge >= 0.3 is 5.69 Å². The number of aryl methyl sites for hydroxylation is 2. The van der Waals surface area contributed by atoms with Gasteiger partial charge in [-0.1, -0.05) is 18.2 Å². The predicted molar refractivity (Wildman–Crippen MR) is 109 cm³/mol. The van der Waals surface area contributed by atoms with Gasteiger partial charge in [-0.05, 0) is 43.3 Å². The average molecular weight is 375 g/mol. The molecule has 2 aromatic carbocycles. The molecule has 28 heavy (non-hydrogen) atoms. The predicted octanol–water partition coefficient (Wildman–Crippen LogP) is 3.04. The Hall–Kier alpha value is -3.61. The molecule has 7 heteroatoms. The number of amides is 1. The van der Waals surface area contributed by atoms with Crippen LogP contribution >= 0.6 is 0 Å². The van der Waals surface area contributed by atoms with Crippen molar-refractivity contribution in [1.82, 2.24) is 18.9 Å². The summed E-state index contributed by atoms with van der Waals surface area (Å²) < 4.78 is 5.12. The van der Waals surface area contributed by atoms with Crippen LogP contribution in [0.2, 0.25) is 0 Å². The van der Waals surface area contributed by atoms with E-state index in [0.29, 0.717) is 18.8 Å². The van der Waals surface area contributed by atoms with Crippen molar-refractivity contribution in [2.24, 2.45) is 0 Å². The molecule has 0 aliphatic heterocycles. The van der Waals surface area contributed by atoms with Gasteiger partial charge in [0.05, 0.1) is 16.7 Å². The lowest BCUT2D eigenvalue weighted by Crippen LogP contribution is -2.25. The van der Waals surface area contributed by atoms with Gasteiger partial charge in [-0.25, -0.2) is 9.48 Å². The molecule has 0 saturated heterocycles. The van der Waals surface area contributed by atoms with Crippen molar-refractivity contribution >= 4 is 22.6 Å². The van der Waals surface area contributed by atoms with Gasteiger partial charge in [-0.3, -0.25) is 13.9 Å². The number of imidazole rings is 1. The number of para-hydroxylation sites is 2. The highest BCUT2D eigenvalue weighted by Gasteiger charge is 2.13. The number of nitrogens with one attached hydrogen (secondary N) is 1. The van der Waals surface area contributed by atoms with Crippen LogP contribution in [-0.2, 0) is 17.9 Å². The lowest BCUT2D eigenvalue weighted by molar-refractivity contribution is -0.116. The monoisotopic (exact) mass is 375 g/mol. The topological polar surface area (TPSA) is 73.8 Å². The highest BCUT2D eigenvalue weighted by Crippen LogP contribution is 2.15. The minimum absolute atomic E-state index is 0.0859. The van der Waals surface area contributed by atoms with Crippen LogP contribution in [0.15, 0.2) is 71.8 Å². The SMILES string of the molecule is CCn1c(=O)n(CCC(=O)Nc2cccc(-n3cccn3)c2)c2ccccc21. The number of nitrogens with zero attached hydrogens (tertiary/aromatic N) is 4. The summed E-state index contributed by atoms with van der Waals surface area (Å²) in [5.74, 6) is -0.141. The van der Waals surface area contributed by atoms with E-state index >= 15 is 0 Å². The summed E-state index contributed by atoms with van der Waals surface area (Å²) in [6.07, 6.45) is 3.76. The van der Waals surface area contributed by atoms with Crippen LogP contribution in [0, 0.1) is 0 Å². The van der Waals surface area contributed by atoms with Crippen LogP contribution < -0.4 is 11.0 Å². The van der Waals surface area contributed by atoms with Crippen molar-refractivity contribution in [2.45, 2.75) is 26.4 Å². The second-order valence-electron chi connectivity index (χ2n) is 6.47. The molecule has 4 aromatic rings. The largest absolute Gasteiger partial charge is 0.329 e. The van der Waals surface area contributed by atoms with Crippen molar-refractivity contribution in [2.75, 3.05) is 5.32 Å². The van der Waals surface area contributed by atoms with Gasteiger partial charge < -0.3 is 5.32 Å². The zero-order valence-corrected chi connectivity index (χ0v) is 15.6. The molecule has 2 aromatic heterocycles. The first-order chi connectivity index (χ1) is 13.7. The van der Waals surface area contributed by atoms with E-state index in [2.05, 4.69) is 10.4 Å². The first-order valence-corrected chi connectivity index (χ1v) is 9.25. The van der Waals surface area contributed by atoms with E-state index in [1.807, 2.05) is 67.7 Å². The Morgan fingerprint density at radius 2 is 1.82 bits per heavy atom. The molecule has 1 N–H and O–H groups in total. The molecule has 0 saturated carbocycles. The maximum Gasteiger partial charge on any atom is 0.329 e. The van der Waals surface area contributed by atoms with Crippen LogP contribution in [0.25, 0.3) is 16.7 Å². The Balaban J connectivity index is 1.49. The van der Waals surface area contributed by atoms with Crippen molar-refractivity contribution in [1.29, 1.82) is 0 Å². The van der Waals surface area contributed by atoms with Crippen molar-refractivity contribution < 1.29 is 4.79 Å². The Morgan fingerprint density at radius 3 is 2.54 bits per heavy atom. The second-order valence-corrected chi connectivity index (χ2v) is 6.47. The molecule has 0 bridgehead atoms. The third-order valence-corrected chi connectivity index (χ3v) is 4.70. The van der Waals surface area contributed by atoms with Gasteiger partial charge in [0.2, 0.25) is 5.91 Å². The summed E-state index contributed by atoms with van der Waals surface area (Å²) >= 11 is 0. The molecule has 0 atom stereocenters. The average Bonchev–Trinajstić information content (AvgIpc) is 3.33. The van der Waals surface area contributed by atoms with Crippen molar-refractivity contribution in [3.8, 4) is 5.69 Å². The summed E-state index contributed by atoms with van der Waals surface area (Å²) in [6, 6.07) is 17.0. The normalized spacial score (nSPS) is 11.0. The van der Waals surface area contributed by atoms with Gasteiger partial charge in [0, 0.05) is 37.6 Å². The molecular weight excluding hydrogens is 354 g/mol. The molecular formula is C21H21N5O2. The number of rotatable bonds is 6. The van der Waals surface area contributed by atoms with Gasteiger partial charge in [0.1, 0.15) is 0 Å². The first-order valence-electron chi connectivity index (χ1n) is 9.25. The van der Waals surface area contributed by atoms with E-state index < -0.39 is 0 Å². The van der Waals surface area contributed by atoms with Gasteiger partial charge in [-0.15, -0.1) is 0 Å². The Labute approximate surface area is 161 Å². The molecule has 0 spiro atoms. The molecule has 2 heterocycles. The molecule has 142 valence electrons. The van der Waals surface area contributed by atoms with E-state index in [1.54, 1.807) is 20.0 Å². The fourth-order valence-corrected chi connectivity index (χ4v) is 3.38. The number of hydrogen-bond donors (Lipinski definition) is 1. The van der Waals surface area contributed by atoms with E-state index in [4.69, 9.17) is 0 Å². The molecule has 4 rings (SSSR count). The number of carbonyl (C=O) groups excluding carboxylic acids is 1.